The van der Waals surface area contributed by atoms with Crippen LogP contribution in [0.5, 0.6) is 0 Å². The number of anilines is 2. The van der Waals surface area contributed by atoms with Crippen molar-refractivity contribution in [1.82, 2.24) is 15.5 Å². The van der Waals surface area contributed by atoms with E-state index in [2.05, 4.69) is 75.4 Å². The number of aromatic nitrogens is 2. The van der Waals surface area contributed by atoms with Gasteiger partial charge < -0.3 is 16.4 Å². The van der Waals surface area contributed by atoms with Gasteiger partial charge in [0.15, 0.2) is 0 Å². The molecule has 5 nitrogen and oxygen atoms in total. The van der Waals surface area contributed by atoms with Gasteiger partial charge in [-0.05, 0) is 35.6 Å². The Hall–Kier alpha value is -2.79. The van der Waals surface area contributed by atoms with Gasteiger partial charge in [0.1, 0.15) is 5.82 Å². The minimum absolute atomic E-state index is 0.435. The number of nitrogen functional groups attached to an aromatic ring is 1. The van der Waals surface area contributed by atoms with E-state index in [4.69, 9.17) is 5.73 Å². The van der Waals surface area contributed by atoms with Crippen molar-refractivity contribution in [3.8, 4) is 11.1 Å². The number of aromatic amines is 1. The first-order valence-corrected chi connectivity index (χ1v) is 8.70. The Balaban J connectivity index is 1.43. The highest BCUT2D eigenvalue weighted by molar-refractivity contribution is 5.74. The molecule has 5 N–H and O–H groups in total. The Morgan fingerprint density at radius 3 is 2.56 bits per heavy atom. The molecule has 0 bridgehead atoms. The van der Waals surface area contributed by atoms with Crippen LogP contribution in [0.3, 0.4) is 0 Å². The van der Waals surface area contributed by atoms with Crippen LogP contribution in [0.25, 0.3) is 11.1 Å². The van der Waals surface area contributed by atoms with E-state index in [1.807, 2.05) is 0 Å². The molecule has 4 rings (SSSR count). The van der Waals surface area contributed by atoms with Crippen LogP contribution < -0.4 is 16.4 Å². The van der Waals surface area contributed by atoms with Crippen LogP contribution in [-0.4, -0.2) is 29.3 Å². The second kappa shape index (κ2) is 6.99. The van der Waals surface area contributed by atoms with E-state index < -0.39 is 0 Å². The fourth-order valence-electron chi connectivity index (χ4n) is 3.52. The standard InChI is InChI=1S/C20H23N5/c21-20-18(12-23-25-20)15-6-8-17(9-7-15)24-19-13-22-11-16(19)10-14-4-2-1-3-5-14/h1-9,12,16,19,22,24H,10-11,13H2,(H3,21,23,25). The first-order chi connectivity index (χ1) is 12.3. The highest BCUT2D eigenvalue weighted by atomic mass is 15.1. The van der Waals surface area contributed by atoms with E-state index in [0.717, 1.165) is 36.3 Å². The van der Waals surface area contributed by atoms with E-state index in [1.54, 1.807) is 6.20 Å². The monoisotopic (exact) mass is 333 g/mol. The predicted octanol–water partition coefficient (Wildman–Crippen LogP) is 2.90. The molecule has 2 unspecified atom stereocenters. The molecule has 128 valence electrons. The topological polar surface area (TPSA) is 78.8 Å². The van der Waals surface area contributed by atoms with Crippen molar-refractivity contribution >= 4 is 11.5 Å². The summed E-state index contributed by atoms with van der Waals surface area (Å²) in [6.45, 7) is 2.05. The van der Waals surface area contributed by atoms with Gasteiger partial charge in [-0.3, -0.25) is 5.10 Å². The zero-order valence-electron chi connectivity index (χ0n) is 14.1. The lowest BCUT2D eigenvalue weighted by Crippen LogP contribution is -2.29. The van der Waals surface area contributed by atoms with Gasteiger partial charge >= 0.3 is 0 Å². The maximum Gasteiger partial charge on any atom is 0.126 e. The number of nitrogens with one attached hydrogen (secondary N) is 3. The summed E-state index contributed by atoms with van der Waals surface area (Å²) in [5, 5.41) is 13.9. The summed E-state index contributed by atoms with van der Waals surface area (Å²) >= 11 is 0. The summed E-state index contributed by atoms with van der Waals surface area (Å²) in [4.78, 5) is 0. The number of hydrogen-bond donors (Lipinski definition) is 4. The van der Waals surface area contributed by atoms with E-state index >= 15 is 0 Å². The Morgan fingerprint density at radius 1 is 1.04 bits per heavy atom. The highest BCUT2D eigenvalue weighted by Gasteiger charge is 2.26. The molecular weight excluding hydrogens is 310 g/mol. The fraction of sp³-hybridized carbons (Fsp3) is 0.250. The van der Waals surface area contributed by atoms with Crippen molar-refractivity contribution in [3.63, 3.8) is 0 Å². The Labute approximate surface area is 147 Å². The molecule has 1 aliphatic rings. The molecule has 0 aliphatic carbocycles. The van der Waals surface area contributed by atoms with Crippen LogP contribution in [0.2, 0.25) is 0 Å². The molecule has 1 fully saturated rings. The molecule has 25 heavy (non-hydrogen) atoms. The third kappa shape index (κ3) is 3.51. The zero-order valence-corrected chi connectivity index (χ0v) is 14.1. The van der Waals surface area contributed by atoms with Crippen molar-refractivity contribution in [2.75, 3.05) is 24.1 Å². The van der Waals surface area contributed by atoms with Crippen molar-refractivity contribution in [1.29, 1.82) is 0 Å². The first kappa shape index (κ1) is 15.7. The van der Waals surface area contributed by atoms with Crippen molar-refractivity contribution in [2.24, 2.45) is 5.92 Å². The van der Waals surface area contributed by atoms with E-state index in [1.165, 1.54) is 5.56 Å². The minimum atomic E-state index is 0.435. The maximum absolute atomic E-state index is 5.89. The van der Waals surface area contributed by atoms with Gasteiger partial charge in [0, 0.05) is 30.4 Å². The second-order valence-corrected chi connectivity index (χ2v) is 6.63. The highest BCUT2D eigenvalue weighted by Crippen LogP contribution is 2.26. The smallest absolute Gasteiger partial charge is 0.126 e. The normalized spacial score (nSPS) is 19.8. The van der Waals surface area contributed by atoms with Gasteiger partial charge in [0.05, 0.1) is 6.20 Å². The molecule has 1 saturated heterocycles. The van der Waals surface area contributed by atoms with Gasteiger partial charge in [0.25, 0.3) is 0 Å². The largest absolute Gasteiger partial charge is 0.384 e. The quantitative estimate of drug-likeness (QED) is 0.579. The average molecular weight is 333 g/mol. The van der Waals surface area contributed by atoms with Gasteiger partial charge in [-0.25, -0.2) is 0 Å². The summed E-state index contributed by atoms with van der Waals surface area (Å²) in [5.74, 6) is 1.19. The SMILES string of the molecule is Nc1[nH]ncc1-c1ccc(NC2CNCC2Cc2ccccc2)cc1. The molecule has 0 amide bonds. The summed E-state index contributed by atoms with van der Waals surface area (Å²) in [7, 11) is 0. The Kier molecular flexibility index (Phi) is 4.39. The third-order valence-corrected chi connectivity index (χ3v) is 4.90. The average Bonchev–Trinajstić information content (AvgIpc) is 3.26. The summed E-state index contributed by atoms with van der Waals surface area (Å²) in [6, 6.07) is 19.5. The molecule has 1 aromatic heterocycles. The Bertz CT molecular complexity index is 810. The second-order valence-electron chi connectivity index (χ2n) is 6.63. The summed E-state index contributed by atoms with van der Waals surface area (Å²) < 4.78 is 0. The molecule has 0 spiro atoms. The maximum atomic E-state index is 5.89. The van der Waals surface area contributed by atoms with Crippen molar-refractivity contribution in [2.45, 2.75) is 12.5 Å². The van der Waals surface area contributed by atoms with Gasteiger partial charge in [-0.15, -0.1) is 0 Å². The van der Waals surface area contributed by atoms with E-state index in [0.29, 0.717) is 17.8 Å². The molecule has 5 heteroatoms. The molecule has 1 aliphatic heterocycles. The first-order valence-electron chi connectivity index (χ1n) is 8.70. The summed E-state index contributed by atoms with van der Waals surface area (Å²) in [6.07, 6.45) is 2.85. The van der Waals surface area contributed by atoms with Crippen LogP contribution in [0, 0.1) is 5.92 Å². The molecule has 2 heterocycles. The van der Waals surface area contributed by atoms with Crippen molar-refractivity contribution < 1.29 is 0 Å². The minimum Gasteiger partial charge on any atom is -0.384 e. The van der Waals surface area contributed by atoms with Crippen LogP contribution in [0.1, 0.15) is 5.56 Å². The number of rotatable bonds is 5. The van der Waals surface area contributed by atoms with E-state index in [9.17, 15) is 0 Å². The molecule has 0 radical (unpaired) electrons. The molecular formula is C20H23N5. The van der Waals surface area contributed by atoms with Crippen molar-refractivity contribution in [3.05, 3.63) is 66.4 Å². The van der Waals surface area contributed by atoms with Gasteiger partial charge in [-0.1, -0.05) is 42.5 Å². The van der Waals surface area contributed by atoms with Gasteiger partial charge in [-0.2, -0.15) is 5.10 Å². The number of nitrogens with two attached hydrogens (primary N) is 1. The molecule has 0 saturated carbocycles. The number of nitrogens with zero attached hydrogens (tertiary/aromatic N) is 1. The predicted molar refractivity (Wildman–Crippen MR) is 102 cm³/mol. The van der Waals surface area contributed by atoms with Crippen LogP contribution in [0.15, 0.2) is 60.8 Å². The zero-order chi connectivity index (χ0) is 17.1. The molecule has 2 aromatic carbocycles. The lowest BCUT2D eigenvalue weighted by Gasteiger charge is -2.21. The lowest BCUT2D eigenvalue weighted by atomic mass is 9.94. The Morgan fingerprint density at radius 2 is 1.84 bits per heavy atom. The summed E-state index contributed by atoms with van der Waals surface area (Å²) in [5.41, 5.74) is 10.4. The van der Waals surface area contributed by atoms with Gasteiger partial charge in [0.2, 0.25) is 0 Å². The molecule has 3 aromatic rings. The third-order valence-electron chi connectivity index (χ3n) is 4.90. The molecule has 2 atom stereocenters. The van der Waals surface area contributed by atoms with Crippen LogP contribution in [0.4, 0.5) is 11.5 Å². The lowest BCUT2D eigenvalue weighted by molar-refractivity contribution is 0.536. The fourth-order valence-corrected chi connectivity index (χ4v) is 3.52. The number of H-pyrrole nitrogens is 1. The van der Waals surface area contributed by atoms with Crippen LogP contribution in [-0.2, 0) is 6.42 Å². The number of benzene rings is 2. The van der Waals surface area contributed by atoms with Crippen LogP contribution >= 0.6 is 0 Å². The van der Waals surface area contributed by atoms with E-state index in [-0.39, 0.29) is 0 Å². The number of hydrogen-bond acceptors (Lipinski definition) is 4.